The van der Waals surface area contributed by atoms with Crippen molar-refractivity contribution in [1.29, 1.82) is 0 Å². The Balaban J connectivity index is 1.10. The van der Waals surface area contributed by atoms with E-state index in [-0.39, 0.29) is 5.91 Å². The number of fused-ring (bicyclic) bond motifs is 1. The van der Waals surface area contributed by atoms with E-state index in [9.17, 15) is 4.79 Å². The molecule has 2 aromatic carbocycles. The van der Waals surface area contributed by atoms with E-state index in [0.717, 1.165) is 53.5 Å². The lowest BCUT2D eigenvalue weighted by Crippen LogP contribution is -2.26. The lowest BCUT2D eigenvalue weighted by molar-refractivity contribution is 0.0946. The summed E-state index contributed by atoms with van der Waals surface area (Å²) in [6.45, 7) is 4.13. The number of nitrogens with one attached hydrogen (secondary N) is 3. The van der Waals surface area contributed by atoms with Crippen LogP contribution in [0.1, 0.15) is 39.7 Å². The summed E-state index contributed by atoms with van der Waals surface area (Å²) in [6.07, 6.45) is 3.24. The molecule has 1 saturated heterocycles. The molecule has 0 spiro atoms. The van der Waals surface area contributed by atoms with Crippen molar-refractivity contribution in [2.45, 2.75) is 32.4 Å². The first kappa shape index (κ1) is 21.6. The quantitative estimate of drug-likeness (QED) is 0.330. The topological polar surface area (TPSA) is 85.9 Å². The Hall–Kier alpha value is -3.23. The zero-order valence-corrected chi connectivity index (χ0v) is 19.3. The summed E-state index contributed by atoms with van der Waals surface area (Å²) in [5.41, 5.74) is 4.90. The number of anilines is 1. The number of aromatic nitrogens is 3. The molecule has 7 nitrogen and oxygen atoms in total. The standard InChI is InChI=1S/C25H28N6OS/c32-25(27-15-18-7-1-4-10-22(18)31-13-5-6-14-31)21-17-33-24(30-21)11-12-26-16-23-28-19-8-2-3-9-20(19)29-23/h1-4,7-10,17,26H,5-6,11-16H2,(H,27,32)(H,28,29). The minimum atomic E-state index is -0.121. The lowest BCUT2D eigenvalue weighted by atomic mass is 10.1. The van der Waals surface area contributed by atoms with E-state index in [2.05, 4.69) is 48.7 Å². The normalized spacial score (nSPS) is 13.6. The van der Waals surface area contributed by atoms with E-state index in [0.29, 0.717) is 18.8 Å². The molecule has 0 unspecified atom stereocenters. The van der Waals surface area contributed by atoms with Crippen LogP contribution < -0.4 is 15.5 Å². The van der Waals surface area contributed by atoms with E-state index in [1.165, 1.54) is 29.9 Å². The third kappa shape index (κ3) is 5.23. The van der Waals surface area contributed by atoms with Crippen molar-refractivity contribution in [1.82, 2.24) is 25.6 Å². The molecule has 3 heterocycles. The first-order chi connectivity index (χ1) is 16.3. The number of rotatable bonds is 9. The lowest BCUT2D eigenvalue weighted by Gasteiger charge is -2.21. The Morgan fingerprint density at radius 1 is 1.03 bits per heavy atom. The molecule has 2 aromatic heterocycles. The van der Waals surface area contributed by atoms with E-state index in [1.54, 1.807) is 0 Å². The second kappa shape index (κ2) is 10.1. The minimum Gasteiger partial charge on any atom is -0.371 e. The van der Waals surface area contributed by atoms with Crippen molar-refractivity contribution in [2.75, 3.05) is 24.5 Å². The molecular formula is C25H28N6OS. The highest BCUT2D eigenvalue weighted by Crippen LogP contribution is 2.24. The largest absolute Gasteiger partial charge is 0.371 e. The van der Waals surface area contributed by atoms with E-state index in [1.807, 2.05) is 35.7 Å². The number of benzene rings is 2. The van der Waals surface area contributed by atoms with Gasteiger partial charge in [0.05, 0.1) is 22.6 Å². The number of carbonyl (C=O) groups is 1. The molecular weight excluding hydrogens is 432 g/mol. The molecule has 0 aliphatic carbocycles. The molecule has 33 heavy (non-hydrogen) atoms. The van der Waals surface area contributed by atoms with E-state index < -0.39 is 0 Å². The molecule has 170 valence electrons. The second-order valence-corrected chi connectivity index (χ2v) is 9.20. The smallest absolute Gasteiger partial charge is 0.271 e. The van der Waals surface area contributed by atoms with Gasteiger partial charge in [0.15, 0.2) is 0 Å². The number of H-pyrrole nitrogens is 1. The van der Waals surface area contributed by atoms with Crippen LogP contribution in [-0.2, 0) is 19.5 Å². The van der Waals surface area contributed by atoms with Gasteiger partial charge in [-0.25, -0.2) is 9.97 Å². The van der Waals surface area contributed by atoms with Gasteiger partial charge in [0.2, 0.25) is 0 Å². The molecule has 3 N–H and O–H groups in total. The van der Waals surface area contributed by atoms with Crippen molar-refractivity contribution in [2.24, 2.45) is 0 Å². The fraction of sp³-hybridized carbons (Fsp3) is 0.320. The van der Waals surface area contributed by atoms with Crippen LogP contribution >= 0.6 is 11.3 Å². The molecule has 0 atom stereocenters. The Morgan fingerprint density at radius 2 is 1.85 bits per heavy atom. The highest BCUT2D eigenvalue weighted by atomic mass is 32.1. The highest BCUT2D eigenvalue weighted by Gasteiger charge is 2.16. The molecule has 1 amide bonds. The summed E-state index contributed by atoms with van der Waals surface area (Å²) in [7, 11) is 0. The Labute approximate surface area is 197 Å². The molecule has 0 bridgehead atoms. The predicted molar refractivity (Wildman–Crippen MR) is 133 cm³/mol. The maximum atomic E-state index is 12.7. The number of aromatic amines is 1. The van der Waals surface area contributed by atoms with E-state index in [4.69, 9.17) is 0 Å². The van der Waals surface area contributed by atoms with Crippen LogP contribution in [0.2, 0.25) is 0 Å². The van der Waals surface area contributed by atoms with Crippen LogP contribution in [-0.4, -0.2) is 40.5 Å². The molecule has 8 heteroatoms. The molecule has 4 aromatic rings. The number of thiazole rings is 1. The van der Waals surface area contributed by atoms with Crippen LogP contribution in [0.3, 0.4) is 0 Å². The van der Waals surface area contributed by atoms with Crippen LogP contribution in [0.25, 0.3) is 11.0 Å². The molecule has 1 fully saturated rings. The van der Waals surface area contributed by atoms with Gasteiger partial charge in [0, 0.05) is 43.7 Å². The summed E-state index contributed by atoms with van der Waals surface area (Å²) in [5.74, 6) is 0.800. The van der Waals surface area contributed by atoms with Crippen LogP contribution in [0.15, 0.2) is 53.9 Å². The van der Waals surface area contributed by atoms with Crippen LogP contribution in [0.5, 0.6) is 0 Å². The third-order valence-corrected chi connectivity index (χ3v) is 6.82. The number of hydrogen-bond acceptors (Lipinski definition) is 6. The van der Waals surface area contributed by atoms with Gasteiger partial charge >= 0.3 is 0 Å². The molecule has 1 aliphatic rings. The average Bonchev–Trinajstić information content (AvgIpc) is 3.61. The predicted octanol–water partition coefficient (Wildman–Crippen LogP) is 3.88. The summed E-state index contributed by atoms with van der Waals surface area (Å²) in [6, 6.07) is 16.3. The van der Waals surface area contributed by atoms with Crippen molar-refractivity contribution in [3.63, 3.8) is 0 Å². The summed E-state index contributed by atoms with van der Waals surface area (Å²) < 4.78 is 0. The maximum absolute atomic E-state index is 12.7. The third-order valence-electron chi connectivity index (χ3n) is 5.91. The summed E-state index contributed by atoms with van der Waals surface area (Å²) in [4.78, 5) is 27.5. The fourth-order valence-electron chi connectivity index (χ4n) is 4.21. The number of amides is 1. The second-order valence-electron chi connectivity index (χ2n) is 8.26. The van der Waals surface area contributed by atoms with Gasteiger partial charge in [0.1, 0.15) is 11.5 Å². The number of hydrogen-bond donors (Lipinski definition) is 3. The fourth-order valence-corrected chi connectivity index (χ4v) is 4.99. The molecule has 1 aliphatic heterocycles. The van der Waals surface area contributed by atoms with Gasteiger partial charge in [-0.1, -0.05) is 30.3 Å². The number of carbonyl (C=O) groups excluding carboxylic acids is 1. The van der Waals surface area contributed by atoms with Crippen molar-refractivity contribution in [3.05, 3.63) is 76.0 Å². The van der Waals surface area contributed by atoms with E-state index >= 15 is 0 Å². The van der Waals surface area contributed by atoms with Gasteiger partial charge in [-0.3, -0.25) is 4.79 Å². The van der Waals surface area contributed by atoms with Crippen molar-refractivity contribution in [3.8, 4) is 0 Å². The zero-order chi connectivity index (χ0) is 22.5. The highest BCUT2D eigenvalue weighted by molar-refractivity contribution is 7.09. The summed E-state index contributed by atoms with van der Waals surface area (Å²) >= 11 is 1.53. The Morgan fingerprint density at radius 3 is 2.73 bits per heavy atom. The van der Waals surface area contributed by atoms with Gasteiger partial charge < -0.3 is 20.5 Å². The van der Waals surface area contributed by atoms with Crippen molar-refractivity contribution >= 4 is 34.0 Å². The first-order valence-corrected chi connectivity index (χ1v) is 12.3. The minimum absolute atomic E-state index is 0.121. The Kier molecular flexibility index (Phi) is 6.64. The molecule has 5 rings (SSSR count). The monoisotopic (exact) mass is 460 g/mol. The maximum Gasteiger partial charge on any atom is 0.271 e. The SMILES string of the molecule is O=C(NCc1ccccc1N1CCCC1)c1csc(CCNCc2nc3ccccc3[nH]2)n1. The van der Waals surface area contributed by atoms with Crippen molar-refractivity contribution < 1.29 is 4.79 Å². The Bertz CT molecular complexity index is 1190. The summed E-state index contributed by atoms with van der Waals surface area (Å²) in [5, 5.41) is 9.24. The number of para-hydroxylation sites is 3. The first-order valence-electron chi connectivity index (χ1n) is 11.5. The molecule has 0 saturated carbocycles. The number of imidazole rings is 1. The van der Waals surface area contributed by atoms with Gasteiger partial charge in [0.25, 0.3) is 5.91 Å². The zero-order valence-electron chi connectivity index (χ0n) is 18.5. The van der Waals surface area contributed by atoms with Crippen LogP contribution in [0.4, 0.5) is 5.69 Å². The number of nitrogens with zero attached hydrogens (tertiary/aromatic N) is 3. The van der Waals surface area contributed by atoms with Gasteiger partial charge in [-0.15, -0.1) is 11.3 Å². The van der Waals surface area contributed by atoms with Gasteiger partial charge in [-0.2, -0.15) is 0 Å². The van der Waals surface area contributed by atoms with Crippen LogP contribution in [0, 0.1) is 0 Å². The molecule has 0 radical (unpaired) electrons. The van der Waals surface area contributed by atoms with Gasteiger partial charge in [-0.05, 0) is 36.6 Å². The average molecular weight is 461 g/mol.